The lowest BCUT2D eigenvalue weighted by Crippen LogP contribution is -2.19. The number of rotatable bonds is 2. The van der Waals surface area contributed by atoms with Crippen molar-refractivity contribution in [1.82, 2.24) is 0 Å². The normalized spacial score (nSPS) is 11.1. The first-order valence-corrected chi connectivity index (χ1v) is 6.46. The Morgan fingerprint density at radius 1 is 1.05 bits per heavy atom. The van der Waals surface area contributed by atoms with Gasteiger partial charge in [0, 0.05) is 5.41 Å². The van der Waals surface area contributed by atoms with Gasteiger partial charge in [0.2, 0.25) is 0 Å². The first-order valence-electron chi connectivity index (χ1n) is 6.09. The lowest BCUT2D eigenvalue weighted by atomic mass is 9.77. The van der Waals surface area contributed by atoms with Crippen molar-refractivity contribution in [3.8, 4) is 17.6 Å². The third-order valence-corrected chi connectivity index (χ3v) is 3.78. The summed E-state index contributed by atoms with van der Waals surface area (Å²) in [5.41, 5.74) is 1.54. The molecular weight excluding hydrogens is 274 g/mol. The Morgan fingerprint density at radius 2 is 1.65 bits per heavy atom. The minimum absolute atomic E-state index is 0.152. The predicted molar refractivity (Wildman–Crippen MR) is 78.1 cm³/mol. The molecule has 0 aliphatic rings. The molecule has 2 N–H and O–H groups in total. The molecule has 0 aliphatic carbocycles. The van der Waals surface area contributed by atoms with Gasteiger partial charge in [0.15, 0.2) is 5.75 Å². The van der Waals surface area contributed by atoms with Crippen molar-refractivity contribution < 1.29 is 10.2 Å². The van der Waals surface area contributed by atoms with Crippen LogP contribution >= 0.6 is 11.6 Å². The first kappa shape index (κ1) is 14.2. The number of halogens is 1. The van der Waals surface area contributed by atoms with Gasteiger partial charge in [0.05, 0.1) is 10.6 Å². The van der Waals surface area contributed by atoms with E-state index in [0.717, 1.165) is 11.1 Å². The smallest absolute Gasteiger partial charge is 0.151 e. The monoisotopic (exact) mass is 287 g/mol. The maximum absolute atomic E-state index is 9.71. The van der Waals surface area contributed by atoms with Crippen molar-refractivity contribution in [1.29, 1.82) is 5.26 Å². The van der Waals surface area contributed by atoms with Gasteiger partial charge in [-0.15, -0.1) is 0 Å². The molecule has 3 nitrogen and oxygen atoms in total. The van der Waals surface area contributed by atoms with Gasteiger partial charge in [-0.25, -0.2) is 0 Å². The quantitative estimate of drug-likeness (QED) is 0.879. The number of phenolic OH excluding ortho intramolecular Hbond substituents is 2. The Kier molecular flexibility index (Phi) is 3.61. The van der Waals surface area contributed by atoms with Crippen LogP contribution in [0.3, 0.4) is 0 Å². The molecule has 0 amide bonds. The van der Waals surface area contributed by atoms with E-state index in [1.807, 2.05) is 32.0 Å². The molecule has 102 valence electrons. The van der Waals surface area contributed by atoms with Gasteiger partial charge >= 0.3 is 0 Å². The van der Waals surface area contributed by atoms with Gasteiger partial charge in [-0.1, -0.05) is 37.6 Å². The van der Waals surface area contributed by atoms with Gasteiger partial charge in [-0.05, 0) is 35.4 Å². The predicted octanol–water partition coefficient (Wildman–Crippen LogP) is 3.95. The van der Waals surface area contributed by atoms with Gasteiger partial charge in [-0.3, -0.25) is 0 Å². The highest BCUT2D eigenvalue weighted by atomic mass is 35.5. The Balaban J connectivity index is 2.57. The second kappa shape index (κ2) is 5.07. The molecule has 0 fully saturated rings. The maximum atomic E-state index is 9.71. The van der Waals surface area contributed by atoms with Crippen LogP contribution in [0.1, 0.15) is 30.5 Å². The summed E-state index contributed by atoms with van der Waals surface area (Å²) in [5, 5.41) is 28.3. The third-order valence-electron chi connectivity index (χ3n) is 3.49. The van der Waals surface area contributed by atoms with Crippen molar-refractivity contribution in [3.05, 3.63) is 58.1 Å². The van der Waals surface area contributed by atoms with Crippen molar-refractivity contribution in [2.24, 2.45) is 0 Å². The average molecular weight is 288 g/mol. The van der Waals surface area contributed by atoms with Crippen LogP contribution in [0.5, 0.6) is 11.5 Å². The van der Waals surface area contributed by atoms with Crippen molar-refractivity contribution in [3.63, 3.8) is 0 Å². The summed E-state index contributed by atoms with van der Waals surface area (Å²) in [6, 6.07) is 12.1. The highest BCUT2D eigenvalue weighted by Crippen LogP contribution is 2.37. The van der Waals surface area contributed by atoms with E-state index in [-0.39, 0.29) is 22.1 Å². The van der Waals surface area contributed by atoms with E-state index in [1.165, 1.54) is 0 Å². The number of nitriles is 1. The van der Waals surface area contributed by atoms with E-state index in [0.29, 0.717) is 0 Å². The Bertz CT molecular complexity index is 685. The number of aromatic hydroxyl groups is 2. The fourth-order valence-corrected chi connectivity index (χ4v) is 2.31. The molecule has 0 aliphatic heterocycles. The molecule has 0 saturated carbocycles. The summed E-state index contributed by atoms with van der Waals surface area (Å²) in [6.07, 6.45) is 0. The summed E-state index contributed by atoms with van der Waals surface area (Å²) in [7, 11) is 0. The van der Waals surface area contributed by atoms with Crippen LogP contribution in [0.15, 0.2) is 36.4 Å². The average Bonchev–Trinajstić information content (AvgIpc) is 2.42. The van der Waals surface area contributed by atoms with Crippen LogP contribution in [0.2, 0.25) is 5.02 Å². The SMILES string of the molecule is CC(C)(c1ccc(O)cc1)c1cc(Cl)c(O)c(C#N)c1. The second-order valence-electron chi connectivity index (χ2n) is 5.14. The highest BCUT2D eigenvalue weighted by Gasteiger charge is 2.25. The number of nitrogens with zero attached hydrogens (tertiary/aromatic N) is 1. The van der Waals surface area contributed by atoms with Crippen LogP contribution in [0, 0.1) is 11.3 Å². The lowest BCUT2D eigenvalue weighted by molar-refractivity contribution is 0.472. The van der Waals surface area contributed by atoms with E-state index in [9.17, 15) is 10.2 Å². The molecule has 0 aromatic heterocycles. The molecule has 2 aromatic rings. The largest absolute Gasteiger partial charge is 0.508 e. The fraction of sp³-hybridized carbons (Fsp3) is 0.188. The van der Waals surface area contributed by atoms with Gasteiger partial charge in [-0.2, -0.15) is 5.26 Å². The lowest BCUT2D eigenvalue weighted by Gasteiger charge is -2.26. The first-order chi connectivity index (χ1) is 9.36. The molecule has 0 spiro atoms. The maximum Gasteiger partial charge on any atom is 0.151 e. The Morgan fingerprint density at radius 3 is 2.20 bits per heavy atom. The minimum atomic E-state index is -0.406. The standard InChI is InChI=1S/C16H14ClNO2/c1-16(2,11-3-5-13(19)6-4-11)12-7-10(9-18)15(20)14(17)8-12/h3-8,19-20H,1-2H3. The molecule has 0 unspecified atom stereocenters. The molecule has 0 heterocycles. The summed E-state index contributed by atoms with van der Waals surface area (Å²) in [4.78, 5) is 0. The molecule has 0 bridgehead atoms. The number of benzene rings is 2. The molecule has 0 saturated heterocycles. The molecule has 4 heteroatoms. The highest BCUT2D eigenvalue weighted by molar-refractivity contribution is 6.32. The Hall–Kier alpha value is -2.18. The number of phenols is 2. The van der Waals surface area contributed by atoms with Crippen molar-refractivity contribution >= 4 is 11.6 Å². The molecule has 20 heavy (non-hydrogen) atoms. The third kappa shape index (κ3) is 2.43. The van der Waals surface area contributed by atoms with E-state index >= 15 is 0 Å². The second-order valence-corrected chi connectivity index (χ2v) is 5.55. The minimum Gasteiger partial charge on any atom is -0.508 e. The van der Waals surface area contributed by atoms with E-state index < -0.39 is 5.41 Å². The van der Waals surface area contributed by atoms with Crippen molar-refractivity contribution in [2.45, 2.75) is 19.3 Å². The molecule has 2 rings (SSSR count). The van der Waals surface area contributed by atoms with Crippen LogP contribution < -0.4 is 0 Å². The Labute approximate surface area is 122 Å². The number of hydrogen-bond acceptors (Lipinski definition) is 3. The molecular formula is C16H14ClNO2. The molecule has 0 radical (unpaired) electrons. The topological polar surface area (TPSA) is 64.2 Å². The zero-order valence-corrected chi connectivity index (χ0v) is 11.9. The fourth-order valence-electron chi connectivity index (χ4n) is 2.09. The van der Waals surface area contributed by atoms with Crippen LogP contribution in [0.4, 0.5) is 0 Å². The van der Waals surface area contributed by atoms with Crippen LogP contribution in [-0.2, 0) is 5.41 Å². The molecule has 2 aromatic carbocycles. The number of hydrogen-bond donors (Lipinski definition) is 2. The molecule has 0 atom stereocenters. The van der Waals surface area contributed by atoms with E-state index in [4.69, 9.17) is 16.9 Å². The summed E-state index contributed by atoms with van der Waals surface area (Å²) >= 11 is 5.98. The van der Waals surface area contributed by atoms with Gasteiger partial charge in [0.1, 0.15) is 11.8 Å². The van der Waals surface area contributed by atoms with Crippen LogP contribution in [-0.4, -0.2) is 10.2 Å². The zero-order valence-electron chi connectivity index (χ0n) is 11.2. The van der Waals surface area contributed by atoms with Gasteiger partial charge in [0.25, 0.3) is 0 Å². The summed E-state index contributed by atoms with van der Waals surface area (Å²) in [6.45, 7) is 3.98. The van der Waals surface area contributed by atoms with Crippen molar-refractivity contribution in [2.75, 3.05) is 0 Å². The van der Waals surface area contributed by atoms with Gasteiger partial charge < -0.3 is 10.2 Å². The van der Waals surface area contributed by atoms with Crippen LogP contribution in [0.25, 0.3) is 0 Å². The summed E-state index contributed by atoms with van der Waals surface area (Å²) < 4.78 is 0. The van der Waals surface area contributed by atoms with E-state index in [1.54, 1.807) is 24.3 Å². The summed E-state index contributed by atoms with van der Waals surface area (Å²) in [5.74, 6) is 0.00502. The van der Waals surface area contributed by atoms with E-state index in [2.05, 4.69) is 0 Å². The zero-order chi connectivity index (χ0) is 14.9.